The Morgan fingerprint density at radius 1 is 1.15 bits per heavy atom. The number of rotatable bonds is 7. The highest BCUT2D eigenvalue weighted by molar-refractivity contribution is 5.95. The van der Waals surface area contributed by atoms with E-state index in [0.717, 1.165) is 5.56 Å². The van der Waals surface area contributed by atoms with Crippen molar-refractivity contribution in [3.8, 4) is 0 Å². The van der Waals surface area contributed by atoms with Gasteiger partial charge in [-0.25, -0.2) is 4.98 Å². The second-order valence-electron chi connectivity index (χ2n) is 8.26. The minimum absolute atomic E-state index is 0.105. The molecule has 178 valence electrons. The van der Waals surface area contributed by atoms with E-state index in [-0.39, 0.29) is 30.5 Å². The second-order valence-corrected chi connectivity index (χ2v) is 8.26. The third-order valence-corrected chi connectivity index (χ3v) is 5.39. The van der Waals surface area contributed by atoms with Crippen LogP contribution in [0.5, 0.6) is 0 Å². The van der Waals surface area contributed by atoms with Crippen molar-refractivity contribution >= 4 is 29.7 Å². The van der Waals surface area contributed by atoms with Crippen LogP contribution in [-0.4, -0.2) is 52.5 Å². The highest BCUT2D eigenvalue weighted by Crippen LogP contribution is 2.15. The van der Waals surface area contributed by atoms with Crippen molar-refractivity contribution in [1.82, 2.24) is 25.3 Å². The molecule has 1 saturated heterocycles. The van der Waals surface area contributed by atoms with Crippen LogP contribution in [0.15, 0.2) is 54.9 Å². The number of aldehydes is 1. The Kier molecular flexibility index (Phi) is 8.50. The van der Waals surface area contributed by atoms with E-state index in [1.165, 1.54) is 5.56 Å². The third-order valence-electron chi connectivity index (χ3n) is 5.39. The first-order chi connectivity index (χ1) is 16.4. The Morgan fingerprint density at radius 2 is 1.91 bits per heavy atom. The van der Waals surface area contributed by atoms with Gasteiger partial charge < -0.3 is 25.1 Å². The molecule has 0 bridgehead atoms. The summed E-state index contributed by atoms with van der Waals surface area (Å²) in [5, 5.41) is 7.70. The van der Waals surface area contributed by atoms with Crippen LogP contribution in [0.2, 0.25) is 0 Å². The van der Waals surface area contributed by atoms with Crippen LogP contribution in [0, 0.1) is 19.8 Å². The first-order valence-corrected chi connectivity index (χ1v) is 11.1. The molecule has 9 heteroatoms. The van der Waals surface area contributed by atoms with E-state index in [9.17, 15) is 19.2 Å². The summed E-state index contributed by atoms with van der Waals surface area (Å²) in [7, 11) is 0. The van der Waals surface area contributed by atoms with Crippen molar-refractivity contribution in [3.05, 3.63) is 71.7 Å². The van der Waals surface area contributed by atoms with Crippen molar-refractivity contribution in [2.24, 2.45) is 5.92 Å². The van der Waals surface area contributed by atoms with Gasteiger partial charge in [0.2, 0.25) is 11.8 Å². The highest BCUT2D eigenvalue weighted by Gasteiger charge is 2.27. The zero-order chi connectivity index (χ0) is 24.5. The van der Waals surface area contributed by atoms with E-state index in [0.29, 0.717) is 24.9 Å². The molecule has 2 unspecified atom stereocenters. The summed E-state index contributed by atoms with van der Waals surface area (Å²) in [5.74, 6) is -1.37. The normalized spacial score (nSPS) is 15.6. The number of carbonyl (C=O) groups excluding carboxylic acids is 4. The predicted octanol–water partition coefficient (Wildman–Crippen LogP) is 1.58. The highest BCUT2D eigenvalue weighted by atomic mass is 16.2. The Morgan fingerprint density at radius 3 is 2.53 bits per heavy atom. The quantitative estimate of drug-likeness (QED) is 0.459. The summed E-state index contributed by atoms with van der Waals surface area (Å²) in [5.41, 5.74) is 3.18. The van der Waals surface area contributed by atoms with Gasteiger partial charge in [-0.1, -0.05) is 42.0 Å². The molecule has 3 heterocycles. The summed E-state index contributed by atoms with van der Waals surface area (Å²) in [6.45, 7) is 4.31. The molecule has 1 aliphatic rings. The molecule has 3 N–H and O–H groups in total. The lowest BCUT2D eigenvalue weighted by Crippen LogP contribution is -2.44. The fourth-order valence-corrected chi connectivity index (χ4v) is 3.58. The zero-order valence-electron chi connectivity index (χ0n) is 19.3. The molecule has 9 nitrogen and oxygen atoms in total. The molecule has 2 aromatic heterocycles. The molecule has 3 amide bonds. The minimum atomic E-state index is -0.763. The number of imidazole rings is 1. The van der Waals surface area contributed by atoms with Crippen LogP contribution in [0.4, 0.5) is 0 Å². The largest absolute Gasteiger partial charge is 0.356 e. The standard InChI is InChI=1S/C18H21N5O4.C7H8/c1-11-2-3-15-22-14(9-23(15)8-11)18(27)20-7-16(25)21-13(10-24)6-12-4-5-19-17(12)26;1-7-5-3-2-4-6-7/h2-3,8-10,12-13H,4-7H2,1H3,(H,19,26)(H,20,27)(H,21,25);2-6H,1H3. The number of hydrogen-bond acceptors (Lipinski definition) is 5. The van der Waals surface area contributed by atoms with Crippen molar-refractivity contribution < 1.29 is 19.2 Å². The summed E-state index contributed by atoms with van der Waals surface area (Å²) in [6, 6.07) is 13.2. The summed E-state index contributed by atoms with van der Waals surface area (Å²) in [6.07, 6.45) is 4.93. The molecule has 1 aliphatic heterocycles. The molecule has 0 aliphatic carbocycles. The van der Waals surface area contributed by atoms with Gasteiger partial charge in [-0.15, -0.1) is 0 Å². The van der Waals surface area contributed by atoms with E-state index >= 15 is 0 Å². The number of carbonyl (C=O) groups is 4. The monoisotopic (exact) mass is 463 g/mol. The van der Waals surface area contributed by atoms with Crippen molar-refractivity contribution in [3.63, 3.8) is 0 Å². The van der Waals surface area contributed by atoms with Crippen LogP contribution < -0.4 is 16.0 Å². The van der Waals surface area contributed by atoms with Gasteiger partial charge in [0.15, 0.2) is 0 Å². The predicted molar refractivity (Wildman–Crippen MR) is 127 cm³/mol. The summed E-state index contributed by atoms with van der Waals surface area (Å²) >= 11 is 0. The molecular weight excluding hydrogens is 434 g/mol. The molecule has 0 spiro atoms. The van der Waals surface area contributed by atoms with Crippen LogP contribution in [-0.2, 0) is 14.4 Å². The van der Waals surface area contributed by atoms with Crippen molar-refractivity contribution in [2.75, 3.05) is 13.1 Å². The maximum absolute atomic E-state index is 12.2. The molecule has 3 aromatic rings. The first kappa shape index (κ1) is 24.6. The maximum atomic E-state index is 12.2. The van der Waals surface area contributed by atoms with Gasteiger partial charge in [0, 0.05) is 24.9 Å². The van der Waals surface area contributed by atoms with E-state index in [1.807, 2.05) is 37.4 Å². The lowest BCUT2D eigenvalue weighted by atomic mass is 9.99. The molecule has 0 radical (unpaired) electrons. The Bertz CT molecular complexity index is 1160. The Balaban J connectivity index is 0.000000396. The van der Waals surface area contributed by atoms with Gasteiger partial charge >= 0.3 is 0 Å². The molecule has 1 fully saturated rings. The fraction of sp³-hybridized carbons (Fsp3) is 0.320. The van der Waals surface area contributed by atoms with Gasteiger partial charge in [0.25, 0.3) is 5.91 Å². The number of aromatic nitrogens is 2. The number of aryl methyl sites for hydroxylation is 2. The number of benzene rings is 1. The fourth-order valence-electron chi connectivity index (χ4n) is 3.58. The van der Waals surface area contributed by atoms with Crippen molar-refractivity contribution in [2.45, 2.75) is 32.7 Å². The summed E-state index contributed by atoms with van der Waals surface area (Å²) < 4.78 is 1.74. The van der Waals surface area contributed by atoms with E-state index in [4.69, 9.17) is 0 Å². The number of pyridine rings is 1. The summed E-state index contributed by atoms with van der Waals surface area (Å²) in [4.78, 5) is 51.2. The number of hydrogen-bond donors (Lipinski definition) is 3. The van der Waals surface area contributed by atoms with Gasteiger partial charge in [-0.3, -0.25) is 14.4 Å². The van der Waals surface area contributed by atoms with Gasteiger partial charge in [-0.05, 0) is 38.3 Å². The number of nitrogens with zero attached hydrogens (tertiary/aromatic N) is 2. The molecular formula is C25H29N5O4. The molecule has 34 heavy (non-hydrogen) atoms. The smallest absolute Gasteiger partial charge is 0.271 e. The third kappa shape index (κ3) is 6.99. The van der Waals surface area contributed by atoms with Gasteiger partial charge in [0.05, 0.1) is 12.6 Å². The van der Waals surface area contributed by atoms with Crippen LogP contribution in [0.25, 0.3) is 5.65 Å². The number of fused-ring (bicyclic) bond motifs is 1. The molecule has 4 rings (SSSR count). The Hall–Kier alpha value is -4.01. The minimum Gasteiger partial charge on any atom is -0.356 e. The average Bonchev–Trinajstić information content (AvgIpc) is 3.43. The lowest BCUT2D eigenvalue weighted by molar-refractivity contribution is -0.125. The van der Waals surface area contributed by atoms with E-state index in [1.54, 1.807) is 16.7 Å². The van der Waals surface area contributed by atoms with Gasteiger partial charge in [0.1, 0.15) is 17.6 Å². The maximum Gasteiger partial charge on any atom is 0.271 e. The molecule has 1 aromatic carbocycles. The van der Waals surface area contributed by atoms with Gasteiger partial charge in [-0.2, -0.15) is 0 Å². The first-order valence-electron chi connectivity index (χ1n) is 11.1. The molecule has 0 saturated carbocycles. The van der Waals surface area contributed by atoms with Crippen LogP contribution >= 0.6 is 0 Å². The average molecular weight is 464 g/mol. The second kappa shape index (κ2) is 11.7. The van der Waals surface area contributed by atoms with Crippen molar-refractivity contribution in [1.29, 1.82) is 0 Å². The number of nitrogens with one attached hydrogen (secondary N) is 3. The van der Waals surface area contributed by atoms with E-state index < -0.39 is 17.9 Å². The van der Waals surface area contributed by atoms with E-state index in [2.05, 4.69) is 40.0 Å². The molecule has 2 atom stereocenters. The van der Waals surface area contributed by atoms with Crippen LogP contribution in [0.1, 0.15) is 34.5 Å². The SMILES string of the molecule is Cc1ccc2nc(C(=O)NCC(=O)NC(C=O)CC3CCNC3=O)cn2c1.Cc1ccccc1. The van der Waals surface area contributed by atoms with Crippen LogP contribution in [0.3, 0.4) is 0 Å². The zero-order valence-corrected chi connectivity index (χ0v) is 19.3. The number of amides is 3. The topological polar surface area (TPSA) is 122 Å². The lowest BCUT2D eigenvalue weighted by Gasteiger charge is -2.15. The Labute approximate surface area is 198 Å².